The minimum atomic E-state index is -3.50. The summed E-state index contributed by atoms with van der Waals surface area (Å²) in [7, 11) is -1.87. The van der Waals surface area contributed by atoms with Crippen LogP contribution < -0.4 is 4.74 Å². The van der Waals surface area contributed by atoms with Crippen molar-refractivity contribution in [3.05, 3.63) is 46.0 Å². The number of piperidine rings is 1. The molecule has 1 atom stereocenters. The third-order valence-corrected chi connectivity index (χ3v) is 8.96. The number of methoxy groups -OCH3 is 1. The maximum absolute atomic E-state index is 12.7. The fourth-order valence-corrected chi connectivity index (χ4v) is 7.15. The Kier molecular flexibility index (Phi) is 5.53. The lowest BCUT2D eigenvalue weighted by molar-refractivity contribution is 0.0935. The Morgan fingerprint density at radius 2 is 2.12 bits per heavy atom. The number of aromatic nitrogens is 2. The smallest absolute Gasteiger partial charge is 0.211 e. The van der Waals surface area contributed by atoms with E-state index in [1.165, 1.54) is 10.6 Å². The first-order valence-electron chi connectivity index (χ1n) is 10.7. The minimum Gasteiger partial charge on any atom is -0.497 e. The highest BCUT2D eigenvalue weighted by molar-refractivity contribution is 7.88. The topological polar surface area (TPSA) is 98.8 Å². The van der Waals surface area contributed by atoms with Crippen LogP contribution in [0.1, 0.15) is 35.1 Å². The highest BCUT2D eigenvalue weighted by Gasteiger charge is 2.49. The molecule has 2 aromatic heterocycles. The van der Waals surface area contributed by atoms with Crippen molar-refractivity contribution in [2.45, 2.75) is 30.8 Å². The molecule has 1 aromatic carbocycles. The summed E-state index contributed by atoms with van der Waals surface area (Å²) < 4.78 is 32.4. The first kappa shape index (κ1) is 21.8. The van der Waals surface area contributed by atoms with Gasteiger partial charge in [-0.05, 0) is 43.6 Å². The van der Waals surface area contributed by atoms with E-state index < -0.39 is 16.1 Å². The van der Waals surface area contributed by atoms with Gasteiger partial charge in [0.1, 0.15) is 10.8 Å². The van der Waals surface area contributed by atoms with Crippen LogP contribution in [-0.4, -0.2) is 72.3 Å². The van der Waals surface area contributed by atoms with Gasteiger partial charge in [0.25, 0.3) is 0 Å². The minimum absolute atomic E-state index is 0.268. The van der Waals surface area contributed by atoms with Gasteiger partial charge in [-0.2, -0.15) is 4.31 Å². The number of thiazole rings is 1. The molecule has 1 saturated heterocycles. The van der Waals surface area contributed by atoms with Gasteiger partial charge in [-0.15, -0.1) is 11.3 Å². The molecule has 4 heterocycles. The van der Waals surface area contributed by atoms with Crippen LogP contribution in [0.4, 0.5) is 0 Å². The number of fused-ring (bicyclic) bond motifs is 4. The number of aliphatic hydroxyl groups excluding tert-OH is 1. The third-order valence-electron chi connectivity index (χ3n) is 6.96. The number of aliphatic hydroxyl groups is 1. The largest absolute Gasteiger partial charge is 0.497 e. The molecule has 0 unspecified atom stereocenters. The molecule has 0 bridgehead atoms. The zero-order chi connectivity index (χ0) is 22.5. The number of hydrogen-bond donors (Lipinski definition) is 2. The van der Waals surface area contributed by atoms with Crippen molar-refractivity contribution in [1.82, 2.24) is 19.2 Å². The van der Waals surface area contributed by atoms with E-state index in [2.05, 4.69) is 20.9 Å². The van der Waals surface area contributed by atoms with E-state index in [1.54, 1.807) is 18.4 Å². The number of nitrogens with one attached hydrogen (secondary N) is 1. The SMILES string of the molecule is COc1ccc2c3c([nH]c2c1)[C@@H](CO)N(S(C)(=O)=O)CC31CCN(Cc2nccs2)CC1. The standard InChI is InChI=1S/C22H28N4O4S2/c1-30-15-3-4-16-17(11-15)24-21-18(13-27)26(32(2,28)29)14-22(20(16)21)5-8-25(9-6-22)12-19-23-7-10-31-19/h3-4,7,10-11,18,24,27H,5-6,8-9,12-14H2,1-2H3/t18-/m1/s1. The molecular formula is C22H28N4O4S2. The molecule has 1 fully saturated rings. The Labute approximate surface area is 191 Å². The molecule has 10 heteroatoms. The maximum Gasteiger partial charge on any atom is 0.211 e. The van der Waals surface area contributed by atoms with Crippen molar-refractivity contribution < 1.29 is 18.3 Å². The van der Waals surface area contributed by atoms with Gasteiger partial charge >= 0.3 is 0 Å². The first-order valence-corrected chi connectivity index (χ1v) is 13.5. The second kappa shape index (κ2) is 8.11. The lowest BCUT2D eigenvalue weighted by Crippen LogP contribution is -2.54. The number of sulfonamides is 1. The van der Waals surface area contributed by atoms with Crippen LogP contribution >= 0.6 is 11.3 Å². The predicted octanol–water partition coefficient (Wildman–Crippen LogP) is 2.48. The van der Waals surface area contributed by atoms with Gasteiger partial charge in [-0.1, -0.05) is 0 Å². The number of ether oxygens (including phenoxy) is 1. The van der Waals surface area contributed by atoms with E-state index >= 15 is 0 Å². The zero-order valence-corrected chi connectivity index (χ0v) is 19.9. The average Bonchev–Trinajstić information content (AvgIpc) is 3.42. The summed E-state index contributed by atoms with van der Waals surface area (Å²) in [4.78, 5) is 10.2. The zero-order valence-electron chi connectivity index (χ0n) is 18.2. The summed E-state index contributed by atoms with van der Waals surface area (Å²) in [6.07, 6.45) is 4.75. The second-order valence-corrected chi connectivity index (χ2v) is 11.7. The number of aromatic amines is 1. The van der Waals surface area contributed by atoms with E-state index in [9.17, 15) is 13.5 Å². The van der Waals surface area contributed by atoms with Gasteiger partial charge in [0.15, 0.2) is 0 Å². The molecule has 2 aliphatic heterocycles. The molecule has 0 radical (unpaired) electrons. The van der Waals surface area contributed by atoms with Crippen molar-refractivity contribution in [3.63, 3.8) is 0 Å². The number of benzene rings is 1. The first-order chi connectivity index (χ1) is 15.3. The summed E-state index contributed by atoms with van der Waals surface area (Å²) in [5.74, 6) is 0.740. The molecule has 8 nitrogen and oxygen atoms in total. The van der Waals surface area contributed by atoms with Gasteiger partial charge in [0.05, 0.1) is 32.6 Å². The van der Waals surface area contributed by atoms with Gasteiger partial charge in [0, 0.05) is 46.2 Å². The molecular weight excluding hydrogens is 448 g/mol. The van der Waals surface area contributed by atoms with E-state index in [-0.39, 0.29) is 12.0 Å². The lowest BCUT2D eigenvalue weighted by Gasteiger charge is -2.49. The molecule has 0 aliphatic carbocycles. The summed E-state index contributed by atoms with van der Waals surface area (Å²) in [5.41, 5.74) is 2.56. The normalized spacial score (nSPS) is 21.8. The van der Waals surface area contributed by atoms with Crippen molar-refractivity contribution in [2.75, 3.05) is 39.6 Å². The van der Waals surface area contributed by atoms with Gasteiger partial charge < -0.3 is 14.8 Å². The van der Waals surface area contributed by atoms with Crippen LogP contribution in [0.5, 0.6) is 5.75 Å². The van der Waals surface area contributed by atoms with Crippen LogP contribution in [0.3, 0.4) is 0 Å². The van der Waals surface area contributed by atoms with Crippen molar-refractivity contribution in [3.8, 4) is 5.75 Å². The van der Waals surface area contributed by atoms with E-state index in [1.807, 2.05) is 23.7 Å². The Morgan fingerprint density at radius 1 is 1.34 bits per heavy atom. The molecule has 172 valence electrons. The van der Waals surface area contributed by atoms with E-state index in [0.29, 0.717) is 6.54 Å². The van der Waals surface area contributed by atoms with Crippen LogP contribution in [0.25, 0.3) is 10.9 Å². The number of hydrogen-bond acceptors (Lipinski definition) is 7. The third kappa shape index (κ3) is 3.63. The van der Waals surface area contributed by atoms with Gasteiger partial charge in [-0.25, -0.2) is 13.4 Å². The van der Waals surface area contributed by atoms with Crippen LogP contribution in [0, 0.1) is 0 Å². The Hall–Kier alpha value is -1.98. The molecule has 32 heavy (non-hydrogen) atoms. The molecule has 2 aliphatic rings. The average molecular weight is 477 g/mol. The van der Waals surface area contributed by atoms with Gasteiger partial charge in [-0.3, -0.25) is 4.90 Å². The molecule has 0 amide bonds. The van der Waals surface area contributed by atoms with Crippen LogP contribution in [-0.2, 0) is 22.0 Å². The molecule has 1 spiro atoms. The molecule has 0 saturated carbocycles. The Balaban J connectivity index is 1.58. The predicted molar refractivity (Wildman–Crippen MR) is 125 cm³/mol. The van der Waals surface area contributed by atoms with Gasteiger partial charge in [0.2, 0.25) is 10.0 Å². The molecule has 5 rings (SSSR count). The summed E-state index contributed by atoms with van der Waals surface area (Å²) in [6, 6.07) is 5.33. The fourth-order valence-electron chi connectivity index (χ4n) is 5.38. The van der Waals surface area contributed by atoms with Crippen LogP contribution in [0.2, 0.25) is 0 Å². The van der Waals surface area contributed by atoms with Crippen LogP contribution in [0.15, 0.2) is 29.8 Å². The number of nitrogens with zero attached hydrogens (tertiary/aromatic N) is 3. The van der Waals surface area contributed by atoms with Crippen molar-refractivity contribution in [1.29, 1.82) is 0 Å². The molecule has 2 N–H and O–H groups in total. The summed E-state index contributed by atoms with van der Waals surface area (Å²) >= 11 is 1.66. The Bertz CT molecular complexity index is 1210. The number of rotatable bonds is 5. The van der Waals surface area contributed by atoms with Crippen molar-refractivity contribution >= 4 is 32.3 Å². The lowest BCUT2D eigenvalue weighted by atomic mass is 9.69. The molecule has 3 aromatic rings. The monoisotopic (exact) mass is 476 g/mol. The van der Waals surface area contributed by atoms with Crippen molar-refractivity contribution in [2.24, 2.45) is 0 Å². The highest BCUT2D eigenvalue weighted by atomic mass is 32.2. The summed E-state index contributed by atoms with van der Waals surface area (Å²) in [5, 5.41) is 14.4. The Morgan fingerprint density at radius 3 is 2.75 bits per heavy atom. The highest BCUT2D eigenvalue weighted by Crippen LogP contribution is 2.49. The quantitative estimate of drug-likeness (QED) is 0.587. The second-order valence-electron chi connectivity index (χ2n) is 8.81. The van der Waals surface area contributed by atoms with E-state index in [0.717, 1.165) is 65.4 Å². The summed E-state index contributed by atoms with van der Waals surface area (Å²) in [6.45, 7) is 2.66. The fraction of sp³-hybridized carbons (Fsp3) is 0.500. The number of H-pyrrole nitrogens is 1. The maximum atomic E-state index is 12.7. The number of likely N-dealkylation sites (tertiary alicyclic amines) is 1. The van der Waals surface area contributed by atoms with E-state index in [4.69, 9.17) is 4.74 Å².